The molecular weight excluding hydrogens is 276 g/mol. The van der Waals surface area contributed by atoms with Crippen LogP contribution in [0.1, 0.15) is 22.3 Å². The van der Waals surface area contributed by atoms with Crippen LogP contribution >= 0.6 is 0 Å². The van der Waals surface area contributed by atoms with Gasteiger partial charge in [0.2, 0.25) is 5.90 Å². The fraction of sp³-hybridized carbons (Fsp3) is 0.0556. The minimum atomic E-state index is -0.488. The molecule has 0 fully saturated rings. The minimum Gasteiger partial charge on any atom is -0.402 e. The predicted octanol–water partition coefficient (Wildman–Crippen LogP) is 3.21. The molecule has 0 saturated carbocycles. The quantitative estimate of drug-likeness (QED) is 0.629. The van der Waals surface area contributed by atoms with Crippen LogP contribution in [0.2, 0.25) is 0 Å². The maximum Gasteiger partial charge on any atom is 0.363 e. The number of cyclic esters (lactones) is 1. The van der Waals surface area contributed by atoms with E-state index in [4.69, 9.17) is 10.00 Å². The summed E-state index contributed by atoms with van der Waals surface area (Å²) < 4.78 is 5.21. The first-order valence-electron chi connectivity index (χ1n) is 6.75. The van der Waals surface area contributed by atoms with Crippen molar-refractivity contribution < 1.29 is 9.53 Å². The van der Waals surface area contributed by atoms with Gasteiger partial charge in [0.25, 0.3) is 0 Å². The van der Waals surface area contributed by atoms with E-state index in [1.807, 2.05) is 31.2 Å². The molecule has 22 heavy (non-hydrogen) atoms. The van der Waals surface area contributed by atoms with Gasteiger partial charge in [-0.1, -0.05) is 29.8 Å². The summed E-state index contributed by atoms with van der Waals surface area (Å²) in [5.41, 5.74) is 3.37. The van der Waals surface area contributed by atoms with E-state index in [0.717, 1.165) is 16.7 Å². The number of aliphatic imine (C=N–C) groups is 1. The van der Waals surface area contributed by atoms with E-state index < -0.39 is 5.97 Å². The topological polar surface area (TPSA) is 62.5 Å². The van der Waals surface area contributed by atoms with Gasteiger partial charge in [-0.3, -0.25) is 0 Å². The van der Waals surface area contributed by atoms with Gasteiger partial charge in [0.1, 0.15) is 0 Å². The van der Waals surface area contributed by atoms with E-state index in [-0.39, 0.29) is 5.70 Å². The Morgan fingerprint density at radius 3 is 2.68 bits per heavy atom. The second-order valence-electron chi connectivity index (χ2n) is 4.94. The van der Waals surface area contributed by atoms with Crippen LogP contribution in [0.4, 0.5) is 0 Å². The van der Waals surface area contributed by atoms with E-state index in [0.29, 0.717) is 11.5 Å². The van der Waals surface area contributed by atoms with Gasteiger partial charge < -0.3 is 4.74 Å². The van der Waals surface area contributed by atoms with Crippen molar-refractivity contribution in [2.75, 3.05) is 0 Å². The second-order valence-corrected chi connectivity index (χ2v) is 4.94. The van der Waals surface area contributed by atoms with Gasteiger partial charge in [0.05, 0.1) is 11.6 Å². The van der Waals surface area contributed by atoms with Crippen molar-refractivity contribution in [2.45, 2.75) is 6.92 Å². The summed E-state index contributed by atoms with van der Waals surface area (Å²) in [5, 5.41) is 8.90. The van der Waals surface area contributed by atoms with Crippen LogP contribution in [0.5, 0.6) is 0 Å². The van der Waals surface area contributed by atoms with Gasteiger partial charge in [0.15, 0.2) is 5.70 Å². The first-order chi connectivity index (χ1) is 10.7. The molecule has 0 amide bonds. The van der Waals surface area contributed by atoms with Crippen LogP contribution in [0.15, 0.2) is 59.2 Å². The standard InChI is InChI=1S/C18H12N2O2/c1-12-5-7-15(8-6-12)17-20-16(18(21)22-17)10-13-3-2-4-14(9-13)11-19/h2-10H,1H3/b16-10-. The molecule has 4 heteroatoms. The molecule has 0 radical (unpaired) electrons. The lowest BCUT2D eigenvalue weighted by atomic mass is 10.1. The predicted molar refractivity (Wildman–Crippen MR) is 82.9 cm³/mol. The number of nitriles is 1. The molecule has 1 aliphatic heterocycles. The van der Waals surface area contributed by atoms with Gasteiger partial charge in [-0.25, -0.2) is 9.79 Å². The highest BCUT2D eigenvalue weighted by molar-refractivity contribution is 6.12. The molecule has 0 atom stereocenters. The average molecular weight is 288 g/mol. The van der Waals surface area contributed by atoms with Crippen molar-refractivity contribution in [3.05, 3.63) is 76.5 Å². The fourth-order valence-corrected chi connectivity index (χ4v) is 2.08. The first-order valence-corrected chi connectivity index (χ1v) is 6.75. The Hall–Kier alpha value is -3.19. The number of nitrogens with zero attached hydrogens (tertiary/aromatic N) is 2. The van der Waals surface area contributed by atoms with E-state index >= 15 is 0 Å². The lowest BCUT2D eigenvalue weighted by Gasteiger charge is -1.99. The van der Waals surface area contributed by atoms with Crippen LogP contribution < -0.4 is 0 Å². The van der Waals surface area contributed by atoms with Crippen LogP contribution in [-0.4, -0.2) is 11.9 Å². The lowest BCUT2D eigenvalue weighted by molar-refractivity contribution is -0.129. The molecule has 0 saturated heterocycles. The fourth-order valence-electron chi connectivity index (χ4n) is 2.08. The SMILES string of the molecule is Cc1ccc(C2=N/C(=C\c3cccc(C#N)c3)C(=O)O2)cc1. The van der Waals surface area contributed by atoms with Crippen molar-refractivity contribution in [3.63, 3.8) is 0 Å². The van der Waals surface area contributed by atoms with Crippen LogP contribution in [0.25, 0.3) is 6.08 Å². The zero-order valence-corrected chi connectivity index (χ0v) is 11.9. The van der Waals surface area contributed by atoms with Crippen LogP contribution in [0.3, 0.4) is 0 Å². The highest BCUT2D eigenvalue weighted by Gasteiger charge is 2.23. The number of hydrogen-bond acceptors (Lipinski definition) is 4. The Labute approximate surface area is 128 Å². The third-order valence-corrected chi connectivity index (χ3v) is 3.24. The molecule has 2 aromatic carbocycles. The molecule has 0 N–H and O–H groups in total. The smallest absolute Gasteiger partial charge is 0.363 e. The Bertz CT molecular complexity index is 840. The number of rotatable bonds is 2. The number of carbonyl (C=O) groups excluding carboxylic acids is 1. The summed E-state index contributed by atoms with van der Waals surface area (Å²) in [4.78, 5) is 16.2. The molecule has 1 heterocycles. The summed E-state index contributed by atoms with van der Waals surface area (Å²) in [7, 11) is 0. The normalized spacial score (nSPS) is 15.4. The summed E-state index contributed by atoms with van der Waals surface area (Å²) in [6, 6.07) is 16.6. The van der Waals surface area contributed by atoms with E-state index in [1.54, 1.807) is 30.3 Å². The molecule has 3 rings (SSSR count). The molecule has 1 aliphatic rings. The molecule has 0 unspecified atom stereocenters. The Morgan fingerprint density at radius 1 is 1.18 bits per heavy atom. The summed E-state index contributed by atoms with van der Waals surface area (Å²) in [6.07, 6.45) is 1.62. The van der Waals surface area contributed by atoms with Crippen molar-refractivity contribution >= 4 is 17.9 Å². The molecule has 4 nitrogen and oxygen atoms in total. The highest BCUT2D eigenvalue weighted by Crippen LogP contribution is 2.19. The zero-order valence-electron chi connectivity index (χ0n) is 11.9. The van der Waals surface area contributed by atoms with Crippen molar-refractivity contribution in [2.24, 2.45) is 4.99 Å². The molecule has 0 bridgehead atoms. The molecule has 0 aliphatic carbocycles. The van der Waals surface area contributed by atoms with Gasteiger partial charge >= 0.3 is 5.97 Å². The largest absolute Gasteiger partial charge is 0.402 e. The Morgan fingerprint density at radius 2 is 1.95 bits per heavy atom. The van der Waals surface area contributed by atoms with Gasteiger partial charge in [0, 0.05) is 5.56 Å². The summed E-state index contributed by atoms with van der Waals surface area (Å²) >= 11 is 0. The number of esters is 1. The van der Waals surface area contributed by atoms with E-state index in [2.05, 4.69) is 11.1 Å². The summed E-state index contributed by atoms with van der Waals surface area (Å²) in [5.74, 6) is -0.189. The zero-order chi connectivity index (χ0) is 15.5. The highest BCUT2D eigenvalue weighted by atomic mass is 16.6. The number of hydrogen-bond donors (Lipinski definition) is 0. The van der Waals surface area contributed by atoms with E-state index in [1.165, 1.54) is 0 Å². The lowest BCUT2D eigenvalue weighted by Crippen LogP contribution is -2.05. The number of ether oxygens (including phenoxy) is 1. The van der Waals surface area contributed by atoms with E-state index in [9.17, 15) is 4.79 Å². The summed E-state index contributed by atoms with van der Waals surface area (Å²) in [6.45, 7) is 1.99. The number of aryl methyl sites for hydroxylation is 1. The molecular formula is C18H12N2O2. The van der Waals surface area contributed by atoms with Gasteiger partial charge in [-0.2, -0.15) is 5.26 Å². The third kappa shape index (κ3) is 2.79. The maximum absolute atomic E-state index is 11.9. The maximum atomic E-state index is 11.9. The molecule has 0 spiro atoms. The van der Waals surface area contributed by atoms with Gasteiger partial charge in [-0.05, 0) is 42.8 Å². The molecule has 106 valence electrons. The Balaban J connectivity index is 1.94. The third-order valence-electron chi connectivity index (χ3n) is 3.24. The number of carbonyl (C=O) groups is 1. The average Bonchev–Trinajstić information content (AvgIpc) is 2.89. The Kier molecular flexibility index (Phi) is 3.55. The number of benzene rings is 2. The van der Waals surface area contributed by atoms with Crippen molar-refractivity contribution in [1.82, 2.24) is 0 Å². The van der Waals surface area contributed by atoms with Crippen molar-refractivity contribution in [1.29, 1.82) is 5.26 Å². The monoisotopic (exact) mass is 288 g/mol. The molecule has 0 aromatic heterocycles. The first kappa shape index (κ1) is 13.8. The van der Waals surface area contributed by atoms with Crippen molar-refractivity contribution in [3.8, 4) is 6.07 Å². The van der Waals surface area contributed by atoms with Crippen LogP contribution in [-0.2, 0) is 9.53 Å². The minimum absolute atomic E-state index is 0.227. The van der Waals surface area contributed by atoms with Gasteiger partial charge in [-0.15, -0.1) is 0 Å². The second kappa shape index (κ2) is 5.66. The molecule has 2 aromatic rings. The van der Waals surface area contributed by atoms with Crippen LogP contribution in [0, 0.1) is 18.3 Å².